The first-order chi connectivity index (χ1) is 6.45. The number of hydrogen-bond donors (Lipinski definition) is 0. The summed E-state index contributed by atoms with van der Waals surface area (Å²) in [6, 6.07) is 0. The predicted molar refractivity (Wildman–Crippen MR) is 38.0 cm³/mol. The van der Waals surface area contributed by atoms with Gasteiger partial charge in [0.2, 0.25) is 0 Å². The third kappa shape index (κ3) is 1.17. The van der Waals surface area contributed by atoms with Gasteiger partial charge in [0.15, 0.2) is 0 Å². The lowest BCUT2D eigenvalue weighted by molar-refractivity contribution is -0.241. The molecule has 0 unspecified atom stereocenters. The van der Waals surface area contributed by atoms with Gasteiger partial charge in [-0.1, -0.05) is 0 Å². The van der Waals surface area contributed by atoms with Crippen molar-refractivity contribution < 1.29 is 21.8 Å². The topological polar surface area (TPSA) is 52.6 Å². The van der Waals surface area contributed by atoms with Gasteiger partial charge in [0, 0.05) is 15.5 Å². The highest BCUT2D eigenvalue weighted by atomic mass is 16.7. The van der Waals surface area contributed by atoms with Gasteiger partial charge in [-0.2, -0.15) is 0 Å². The van der Waals surface area contributed by atoms with Crippen molar-refractivity contribution in [3.8, 4) is 0 Å². The van der Waals surface area contributed by atoms with Crippen LogP contribution in [0.1, 0.15) is 34.8 Å². The van der Waals surface area contributed by atoms with E-state index in [-0.39, 0.29) is 12.8 Å². The highest BCUT2D eigenvalue weighted by Crippen LogP contribution is 2.36. The lowest BCUT2D eigenvalue weighted by Crippen LogP contribution is -2.42. The number of rotatable bonds is 0. The van der Waals surface area contributed by atoms with Crippen molar-refractivity contribution in [3.63, 3.8) is 0 Å². The number of esters is 2. The Bertz CT molecular complexity index is 284. The summed E-state index contributed by atoms with van der Waals surface area (Å²) in [5, 5.41) is 0. The van der Waals surface area contributed by atoms with Crippen molar-refractivity contribution in [2.75, 3.05) is 0 Å². The Morgan fingerprint density at radius 2 is 1.92 bits per heavy atom. The molecule has 1 heterocycles. The van der Waals surface area contributed by atoms with Crippen LogP contribution in [0, 0.1) is 0 Å². The van der Waals surface area contributed by atoms with Crippen LogP contribution < -0.4 is 0 Å². The minimum absolute atomic E-state index is 0.244. The van der Waals surface area contributed by atoms with Crippen LogP contribution in [0.4, 0.5) is 0 Å². The van der Waals surface area contributed by atoms with Gasteiger partial charge in [0.1, 0.15) is 6.42 Å². The van der Waals surface area contributed by atoms with E-state index >= 15 is 0 Å². The van der Waals surface area contributed by atoms with Gasteiger partial charge in [-0.15, -0.1) is 0 Å². The third-order valence-electron chi connectivity index (χ3n) is 1.92. The molecule has 2 aliphatic rings. The van der Waals surface area contributed by atoms with Crippen LogP contribution in [0.5, 0.6) is 0 Å². The molecule has 0 aromatic carbocycles. The number of carbonyl (C=O) groups excluding carboxylic acids is 2. The molecular weight excluding hydrogens is 160 g/mol. The van der Waals surface area contributed by atoms with Crippen LogP contribution in [0.25, 0.3) is 0 Å². The van der Waals surface area contributed by atoms with Crippen LogP contribution in [0.15, 0.2) is 0 Å². The molecule has 2 fully saturated rings. The standard InChI is InChI=1S/C8H10O4/c9-6-5-7(10)12-8(11-6)3-1-2-4-8/h1-5H2/i3D2. The molecule has 0 N–H and O–H groups in total. The Kier molecular flexibility index (Phi) is 1.14. The quantitative estimate of drug-likeness (QED) is 0.399. The molecule has 4 heteroatoms. The molecule has 0 radical (unpaired) electrons. The van der Waals surface area contributed by atoms with Gasteiger partial charge < -0.3 is 9.47 Å². The van der Waals surface area contributed by atoms with Gasteiger partial charge in [0.25, 0.3) is 5.79 Å². The Hall–Kier alpha value is -1.06. The molecule has 0 bridgehead atoms. The monoisotopic (exact) mass is 172 g/mol. The number of hydrogen-bond acceptors (Lipinski definition) is 4. The molecule has 0 amide bonds. The molecule has 0 aromatic heterocycles. The maximum Gasteiger partial charge on any atom is 0.320 e. The molecule has 0 aromatic rings. The average molecular weight is 172 g/mol. The van der Waals surface area contributed by atoms with E-state index in [4.69, 9.17) is 12.2 Å². The van der Waals surface area contributed by atoms with Crippen LogP contribution in [-0.4, -0.2) is 17.7 Å². The second-order valence-electron chi connectivity index (χ2n) is 2.91. The van der Waals surface area contributed by atoms with Gasteiger partial charge in [0.05, 0.1) is 0 Å². The van der Waals surface area contributed by atoms with Gasteiger partial charge >= 0.3 is 11.9 Å². The summed E-state index contributed by atoms with van der Waals surface area (Å²) < 4.78 is 25.0. The van der Waals surface area contributed by atoms with Crippen molar-refractivity contribution in [1.29, 1.82) is 0 Å². The van der Waals surface area contributed by atoms with E-state index in [1.165, 1.54) is 0 Å². The molecule has 12 heavy (non-hydrogen) atoms. The minimum atomic E-state index is -1.77. The lowest BCUT2D eigenvalue weighted by atomic mass is 10.2. The second-order valence-corrected chi connectivity index (χ2v) is 2.91. The average Bonchev–Trinajstić information content (AvgIpc) is 2.24. The van der Waals surface area contributed by atoms with Crippen molar-refractivity contribution in [1.82, 2.24) is 0 Å². The van der Waals surface area contributed by atoms with Crippen molar-refractivity contribution in [3.05, 3.63) is 0 Å². The summed E-state index contributed by atoms with van der Waals surface area (Å²) in [6.45, 7) is 0. The Morgan fingerprint density at radius 3 is 2.42 bits per heavy atom. The summed E-state index contributed by atoms with van der Waals surface area (Å²) in [4.78, 5) is 22.1. The SMILES string of the molecule is [2H]C1([2H])CCCC12OC(=O)CC(=O)O2. The first kappa shape index (κ1) is 5.56. The van der Waals surface area contributed by atoms with Crippen molar-refractivity contribution in [2.45, 2.75) is 37.8 Å². The van der Waals surface area contributed by atoms with Gasteiger partial charge in [-0.3, -0.25) is 9.59 Å². The molecule has 1 aliphatic carbocycles. The minimum Gasteiger partial charge on any atom is -0.422 e. The molecule has 66 valence electrons. The summed E-state index contributed by atoms with van der Waals surface area (Å²) >= 11 is 0. The third-order valence-corrected chi connectivity index (χ3v) is 1.92. The normalized spacial score (nSPS) is 33.7. The van der Waals surface area contributed by atoms with Crippen molar-refractivity contribution in [2.24, 2.45) is 0 Å². The smallest absolute Gasteiger partial charge is 0.320 e. The van der Waals surface area contributed by atoms with Gasteiger partial charge in [-0.25, -0.2) is 0 Å². The molecule has 1 saturated heterocycles. The summed E-state index contributed by atoms with van der Waals surface area (Å²) in [5.41, 5.74) is 0. The zero-order valence-electron chi connectivity index (χ0n) is 8.46. The van der Waals surface area contributed by atoms with Crippen LogP contribution in [-0.2, 0) is 19.1 Å². The fourth-order valence-electron chi connectivity index (χ4n) is 1.44. The summed E-state index contributed by atoms with van der Waals surface area (Å²) in [7, 11) is 0. The van der Waals surface area contributed by atoms with Crippen molar-refractivity contribution >= 4 is 11.9 Å². The molecule has 2 rings (SSSR count). The summed E-state index contributed by atoms with van der Waals surface area (Å²) in [5.74, 6) is -3.06. The fourth-order valence-corrected chi connectivity index (χ4v) is 1.44. The second kappa shape index (κ2) is 2.47. The zero-order valence-corrected chi connectivity index (χ0v) is 6.46. The van der Waals surface area contributed by atoms with E-state index in [1.54, 1.807) is 0 Å². The Morgan fingerprint density at radius 1 is 1.25 bits per heavy atom. The largest absolute Gasteiger partial charge is 0.422 e. The van der Waals surface area contributed by atoms with E-state index in [1.807, 2.05) is 0 Å². The number of carbonyl (C=O) groups is 2. The maximum atomic E-state index is 11.0. The number of ether oxygens (including phenoxy) is 2. The van der Waals surface area contributed by atoms with Crippen LogP contribution in [0.2, 0.25) is 0 Å². The first-order valence-corrected chi connectivity index (χ1v) is 3.89. The fraction of sp³-hybridized carbons (Fsp3) is 0.750. The Labute approximate surface area is 72.6 Å². The highest BCUT2D eigenvalue weighted by Gasteiger charge is 2.45. The van der Waals surface area contributed by atoms with Crippen LogP contribution in [0.3, 0.4) is 0 Å². The zero-order chi connectivity index (χ0) is 10.4. The highest BCUT2D eigenvalue weighted by molar-refractivity contribution is 5.93. The molecule has 0 atom stereocenters. The lowest BCUT2D eigenvalue weighted by Gasteiger charge is -2.31. The Balaban J connectivity index is 2.30. The maximum absolute atomic E-state index is 11.0. The predicted octanol–water partition coefficient (Wildman–Crippen LogP) is 0.747. The molecule has 4 nitrogen and oxygen atoms in total. The first-order valence-electron chi connectivity index (χ1n) is 4.89. The molecular formula is C8H10O4. The molecule has 1 spiro atoms. The van der Waals surface area contributed by atoms with E-state index in [0.717, 1.165) is 0 Å². The van der Waals surface area contributed by atoms with Crippen LogP contribution >= 0.6 is 0 Å². The molecule has 1 aliphatic heterocycles. The van der Waals surface area contributed by atoms with E-state index in [9.17, 15) is 9.59 Å². The van der Waals surface area contributed by atoms with E-state index in [0.29, 0.717) is 6.42 Å². The van der Waals surface area contributed by atoms with E-state index in [2.05, 4.69) is 0 Å². The molecule has 1 saturated carbocycles. The van der Waals surface area contributed by atoms with Gasteiger partial charge in [-0.05, 0) is 12.8 Å². The summed E-state index contributed by atoms with van der Waals surface area (Å²) in [6.07, 6.45) is -1.14. The van der Waals surface area contributed by atoms with E-state index < -0.39 is 30.5 Å².